The molecule has 0 bridgehead atoms. The standard InChI is InChI=1S/C25H31N3O5S/c1-3-33-21-8-6-19(7-9-21)12-13-26-25(30)24-17-20-16-22(10-11-23(20)28(24)18(2)29)34(31,32)27-14-4-5-15-27/h6-11,16,24H,3-5,12-15,17H2,1-2H3,(H,26,30)/t24-/m0/s1. The van der Waals surface area contributed by atoms with Gasteiger partial charge in [0.05, 0.1) is 11.5 Å². The second kappa shape index (κ2) is 10.1. The lowest BCUT2D eigenvalue weighted by atomic mass is 10.1. The first-order valence-electron chi connectivity index (χ1n) is 11.7. The maximum atomic E-state index is 13.0. The third-order valence-corrected chi connectivity index (χ3v) is 8.22. The molecule has 0 aromatic heterocycles. The van der Waals surface area contributed by atoms with Crippen molar-refractivity contribution in [2.75, 3.05) is 31.1 Å². The van der Waals surface area contributed by atoms with E-state index < -0.39 is 16.1 Å². The maximum absolute atomic E-state index is 13.0. The van der Waals surface area contributed by atoms with Crippen molar-refractivity contribution in [1.29, 1.82) is 0 Å². The molecule has 34 heavy (non-hydrogen) atoms. The summed E-state index contributed by atoms with van der Waals surface area (Å²) in [7, 11) is -3.57. The van der Waals surface area contributed by atoms with Crippen LogP contribution < -0.4 is 15.0 Å². The van der Waals surface area contributed by atoms with Crippen molar-refractivity contribution in [1.82, 2.24) is 9.62 Å². The molecular weight excluding hydrogens is 454 g/mol. The van der Waals surface area contributed by atoms with Gasteiger partial charge in [0.25, 0.3) is 0 Å². The number of carbonyl (C=O) groups excluding carboxylic acids is 2. The van der Waals surface area contributed by atoms with Crippen molar-refractivity contribution in [3.63, 3.8) is 0 Å². The van der Waals surface area contributed by atoms with Gasteiger partial charge in [-0.3, -0.25) is 14.5 Å². The molecule has 0 aliphatic carbocycles. The Morgan fingerprint density at radius 1 is 1.09 bits per heavy atom. The molecule has 0 saturated carbocycles. The van der Waals surface area contributed by atoms with E-state index in [-0.39, 0.29) is 23.1 Å². The van der Waals surface area contributed by atoms with E-state index in [4.69, 9.17) is 4.74 Å². The molecule has 9 heteroatoms. The first kappa shape index (κ1) is 24.2. The van der Waals surface area contributed by atoms with Crippen molar-refractivity contribution < 1.29 is 22.7 Å². The summed E-state index contributed by atoms with van der Waals surface area (Å²) in [6, 6.07) is 11.8. The summed E-state index contributed by atoms with van der Waals surface area (Å²) in [5.74, 6) is 0.309. The van der Waals surface area contributed by atoms with Gasteiger partial charge in [-0.1, -0.05) is 12.1 Å². The van der Waals surface area contributed by atoms with E-state index >= 15 is 0 Å². The lowest BCUT2D eigenvalue weighted by Gasteiger charge is -2.23. The molecule has 2 aromatic rings. The fourth-order valence-corrected chi connectivity index (χ4v) is 6.20. The Morgan fingerprint density at radius 3 is 2.44 bits per heavy atom. The Morgan fingerprint density at radius 2 is 1.79 bits per heavy atom. The van der Waals surface area contributed by atoms with Gasteiger partial charge in [0.15, 0.2) is 0 Å². The number of benzene rings is 2. The Hall–Kier alpha value is -2.91. The Labute approximate surface area is 200 Å². The third-order valence-electron chi connectivity index (χ3n) is 6.33. The number of rotatable bonds is 8. The lowest BCUT2D eigenvalue weighted by Crippen LogP contribution is -2.47. The highest BCUT2D eigenvalue weighted by Crippen LogP contribution is 2.35. The van der Waals surface area contributed by atoms with Crippen molar-refractivity contribution in [3.8, 4) is 5.75 Å². The highest BCUT2D eigenvalue weighted by atomic mass is 32.2. The average molecular weight is 486 g/mol. The number of ether oxygens (including phenoxy) is 1. The minimum Gasteiger partial charge on any atom is -0.494 e. The van der Waals surface area contributed by atoms with Crippen LogP contribution in [0.3, 0.4) is 0 Å². The second-order valence-corrected chi connectivity index (χ2v) is 10.6. The summed E-state index contributed by atoms with van der Waals surface area (Å²) in [6.45, 7) is 5.45. The first-order valence-corrected chi connectivity index (χ1v) is 13.2. The topological polar surface area (TPSA) is 96.0 Å². The fourth-order valence-electron chi connectivity index (χ4n) is 4.63. The van der Waals surface area contributed by atoms with Crippen LogP contribution in [0.4, 0.5) is 5.69 Å². The molecule has 2 heterocycles. The van der Waals surface area contributed by atoms with Crippen LogP contribution in [-0.4, -0.2) is 56.8 Å². The van der Waals surface area contributed by atoms with Gasteiger partial charge in [0.2, 0.25) is 21.8 Å². The maximum Gasteiger partial charge on any atom is 0.243 e. The Bertz CT molecular complexity index is 1160. The third kappa shape index (κ3) is 4.95. The zero-order valence-electron chi connectivity index (χ0n) is 19.6. The number of carbonyl (C=O) groups is 2. The zero-order chi connectivity index (χ0) is 24.3. The van der Waals surface area contributed by atoms with E-state index in [1.807, 2.05) is 31.2 Å². The molecule has 0 unspecified atom stereocenters. The van der Waals surface area contributed by atoms with Crippen LogP contribution in [0, 0.1) is 0 Å². The molecular formula is C25H31N3O5S. The minimum atomic E-state index is -3.57. The largest absolute Gasteiger partial charge is 0.494 e. The van der Waals surface area contributed by atoms with Crippen molar-refractivity contribution in [3.05, 3.63) is 53.6 Å². The van der Waals surface area contributed by atoms with E-state index in [0.717, 1.165) is 24.2 Å². The van der Waals surface area contributed by atoms with Crippen LogP contribution in [-0.2, 0) is 32.5 Å². The molecule has 2 aromatic carbocycles. The predicted molar refractivity (Wildman–Crippen MR) is 129 cm³/mol. The van der Waals surface area contributed by atoms with E-state index in [2.05, 4.69) is 5.32 Å². The summed E-state index contributed by atoms with van der Waals surface area (Å²) < 4.78 is 32.9. The molecule has 2 aliphatic heterocycles. The molecule has 8 nitrogen and oxygen atoms in total. The van der Waals surface area contributed by atoms with Gasteiger partial charge in [-0.15, -0.1) is 0 Å². The van der Waals surface area contributed by atoms with Gasteiger partial charge in [-0.2, -0.15) is 4.31 Å². The normalized spacial score (nSPS) is 18.1. The van der Waals surface area contributed by atoms with E-state index in [1.165, 1.54) is 22.2 Å². The summed E-state index contributed by atoms with van der Waals surface area (Å²) in [4.78, 5) is 27.1. The Kier molecular flexibility index (Phi) is 7.23. The highest BCUT2D eigenvalue weighted by Gasteiger charge is 2.38. The number of anilines is 1. The van der Waals surface area contributed by atoms with Crippen LogP contribution in [0.1, 0.15) is 37.8 Å². The quantitative estimate of drug-likeness (QED) is 0.620. The lowest BCUT2D eigenvalue weighted by molar-refractivity contribution is -0.125. The van der Waals surface area contributed by atoms with E-state index in [9.17, 15) is 18.0 Å². The smallest absolute Gasteiger partial charge is 0.243 e. The van der Waals surface area contributed by atoms with Gasteiger partial charge in [-0.25, -0.2) is 8.42 Å². The summed E-state index contributed by atoms with van der Waals surface area (Å²) >= 11 is 0. The molecule has 1 atom stereocenters. The predicted octanol–water partition coefficient (Wildman–Crippen LogP) is 2.51. The van der Waals surface area contributed by atoms with Crippen molar-refractivity contribution >= 4 is 27.5 Å². The Balaban J connectivity index is 1.43. The SMILES string of the molecule is CCOc1ccc(CCNC(=O)[C@@H]2Cc3cc(S(=O)(=O)N4CCCC4)ccc3N2C(C)=O)cc1. The van der Waals surface area contributed by atoms with E-state index in [1.54, 1.807) is 12.1 Å². The number of amides is 2. The number of nitrogens with zero attached hydrogens (tertiary/aromatic N) is 2. The summed E-state index contributed by atoms with van der Waals surface area (Å²) in [5, 5.41) is 2.93. The van der Waals surface area contributed by atoms with Gasteiger partial charge >= 0.3 is 0 Å². The van der Waals surface area contributed by atoms with Crippen LogP contribution in [0.15, 0.2) is 47.4 Å². The van der Waals surface area contributed by atoms with Crippen molar-refractivity contribution in [2.45, 2.75) is 50.5 Å². The second-order valence-electron chi connectivity index (χ2n) is 8.63. The molecule has 1 saturated heterocycles. The molecule has 1 fully saturated rings. The average Bonchev–Trinajstić information content (AvgIpc) is 3.48. The number of fused-ring (bicyclic) bond motifs is 1. The molecule has 182 valence electrons. The highest BCUT2D eigenvalue weighted by molar-refractivity contribution is 7.89. The molecule has 2 amide bonds. The molecule has 0 radical (unpaired) electrons. The number of nitrogens with one attached hydrogen (secondary N) is 1. The van der Waals surface area contributed by atoms with Gasteiger partial charge in [0, 0.05) is 38.7 Å². The minimum absolute atomic E-state index is 0.216. The van der Waals surface area contributed by atoms with Crippen LogP contribution in [0.25, 0.3) is 0 Å². The monoisotopic (exact) mass is 485 g/mol. The summed E-state index contributed by atoms with van der Waals surface area (Å²) in [5.41, 5.74) is 2.36. The number of hydrogen-bond acceptors (Lipinski definition) is 5. The molecule has 2 aliphatic rings. The number of sulfonamides is 1. The van der Waals surface area contributed by atoms with Crippen LogP contribution >= 0.6 is 0 Å². The fraction of sp³-hybridized carbons (Fsp3) is 0.440. The van der Waals surface area contributed by atoms with Gasteiger partial charge < -0.3 is 10.1 Å². The first-order chi connectivity index (χ1) is 16.3. The zero-order valence-corrected chi connectivity index (χ0v) is 20.4. The molecule has 4 rings (SSSR count). The van der Waals surface area contributed by atoms with Crippen LogP contribution in [0.2, 0.25) is 0 Å². The molecule has 1 N–H and O–H groups in total. The number of hydrogen-bond donors (Lipinski definition) is 1. The van der Waals surface area contributed by atoms with E-state index in [0.29, 0.717) is 43.9 Å². The molecule has 0 spiro atoms. The van der Waals surface area contributed by atoms with Gasteiger partial charge in [0.1, 0.15) is 11.8 Å². The van der Waals surface area contributed by atoms with Gasteiger partial charge in [-0.05, 0) is 67.6 Å². The summed E-state index contributed by atoms with van der Waals surface area (Å²) in [6.07, 6.45) is 2.66. The van der Waals surface area contributed by atoms with Crippen LogP contribution in [0.5, 0.6) is 5.75 Å². The van der Waals surface area contributed by atoms with Crippen molar-refractivity contribution in [2.24, 2.45) is 0 Å².